The minimum Gasteiger partial charge on any atom is -0.368 e. The van der Waals surface area contributed by atoms with Crippen LogP contribution >= 0.6 is 0 Å². The van der Waals surface area contributed by atoms with E-state index in [9.17, 15) is 4.79 Å². The summed E-state index contributed by atoms with van der Waals surface area (Å²) in [6.07, 6.45) is 24.8. The summed E-state index contributed by atoms with van der Waals surface area (Å²) in [5.74, 6) is 2.36. The van der Waals surface area contributed by atoms with Gasteiger partial charge in [-0.25, -0.2) is 4.98 Å². The number of nitrogens with zero attached hydrogens (tertiary/aromatic N) is 15. The predicted molar refractivity (Wildman–Crippen MR) is 570 cm³/mol. The number of amides is 1. The minimum absolute atomic E-state index is 0.202. The number of pyridine rings is 3. The van der Waals surface area contributed by atoms with Crippen molar-refractivity contribution in [2.75, 3.05) is 219 Å². The Balaban J connectivity index is 0.000000226. The zero-order valence-corrected chi connectivity index (χ0v) is 93.2. The van der Waals surface area contributed by atoms with Gasteiger partial charge in [0, 0.05) is 245 Å². The van der Waals surface area contributed by atoms with Crippen molar-refractivity contribution in [3.8, 4) is 0 Å². The van der Waals surface area contributed by atoms with Crippen molar-refractivity contribution in [3.05, 3.63) is 79.0 Å². The molecule has 0 unspecified atom stereocenters. The number of rotatable bonds is 4. The molecule has 0 radical (unpaired) electrons. The summed E-state index contributed by atoms with van der Waals surface area (Å²) in [5.41, 5.74) is 9.56. The molecule has 132 heavy (non-hydrogen) atoms. The Labute approximate surface area is 815 Å². The van der Waals surface area contributed by atoms with Crippen LogP contribution in [0.25, 0.3) is 0 Å². The maximum atomic E-state index is 11.1. The smallest absolute Gasteiger partial charge is 0.219 e. The van der Waals surface area contributed by atoms with E-state index < -0.39 is 0 Å². The molecule has 1 amide bonds. The van der Waals surface area contributed by atoms with Crippen LogP contribution in [-0.2, 0) is 11.3 Å². The van der Waals surface area contributed by atoms with E-state index in [2.05, 4.69) is 357 Å². The molecule has 13 aliphatic rings. The molecule has 20 heteroatoms. The highest BCUT2D eigenvalue weighted by Crippen LogP contribution is 2.46. The molecule has 13 fully saturated rings. The van der Waals surface area contributed by atoms with Gasteiger partial charge in [-0.2, -0.15) is 0 Å². The number of piperazine rings is 4. The van der Waals surface area contributed by atoms with Gasteiger partial charge >= 0.3 is 0 Å². The van der Waals surface area contributed by atoms with Crippen LogP contribution in [0.2, 0.25) is 0 Å². The lowest BCUT2D eigenvalue weighted by molar-refractivity contribution is -0.131. The van der Waals surface area contributed by atoms with Gasteiger partial charge in [-0.3, -0.25) is 58.9 Å². The highest BCUT2D eigenvalue weighted by atomic mass is 16.2. The minimum atomic E-state index is 0.202. The number of anilines is 2. The van der Waals surface area contributed by atoms with Crippen molar-refractivity contribution in [2.24, 2.45) is 43.8 Å². The Kier molecular flexibility index (Phi) is 44.6. The van der Waals surface area contributed by atoms with Gasteiger partial charge in [0.1, 0.15) is 5.82 Å². The average molecular weight is 1840 g/mol. The van der Waals surface area contributed by atoms with Crippen molar-refractivity contribution in [1.29, 1.82) is 0 Å². The molecule has 16 rings (SSSR count). The number of aromatic nitrogens is 3. The second kappa shape index (κ2) is 50.4. The number of nitrogens with one attached hydrogen (secondary N) is 4. The van der Waals surface area contributed by atoms with Crippen molar-refractivity contribution in [1.82, 2.24) is 85.2 Å². The van der Waals surface area contributed by atoms with Crippen molar-refractivity contribution < 1.29 is 4.79 Å². The van der Waals surface area contributed by atoms with Crippen LogP contribution in [-0.4, -0.2) is 324 Å². The van der Waals surface area contributed by atoms with E-state index >= 15 is 0 Å². The molecule has 12 saturated heterocycles. The fourth-order valence-corrected chi connectivity index (χ4v) is 19.4. The van der Waals surface area contributed by atoms with Gasteiger partial charge in [0.2, 0.25) is 5.91 Å². The quantitative estimate of drug-likeness (QED) is 0.197. The van der Waals surface area contributed by atoms with Crippen LogP contribution in [0.1, 0.15) is 325 Å². The number of hydrogen-bond donors (Lipinski definition) is 4. The fourth-order valence-electron chi connectivity index (χ4n) is 19.4. The van der Waals surface area contributed by atoms with E-state index in [-0.39, 0.29) is 17.0 Å². The van der Waals surface area contributed by atoms with Gasteiger partial charge in [0.25, 0.3) is 0 Å². The molecular formula is C112H213N19O. The molecule has 1 aliphatic carbocycles. The molecule has 0 bridgehead atoms. The Morgan fingerprint density at radius 1 is 0.348 bits per heavy atom. The van der Waals surface area contributed by atoms with Gasteiger partial charge in [0.05, 0.1) is 11.9 Å². The van der Waals surface area contributed by atoms with Crippen molar-refractivity contribution in [3.63, 3.8) is 0 Å². The molecule has 3 aromatic rings. The van der Waals surface area contributed by atoms with Gasteiger partial charge < -0.3 is 36.0 Å². The van der Waals surface area contributed by atoms with Crippen LogP contribution in [0, 0.1) is 43.8 Å². The van der Waals surface area contributed by atoms with E-state index in [0.29, 0.717) is 71.1 Å². The van der Waals surface area contributed by atoms with Gasteiger partial charge in [-0.15, -0.1) is 0 Å². The van der Waals surface area contributed by atoms with Crippen LogP contribution < -0.4 is 31.1 Å². The third-order valence-electron chi connectivity index (χ3n) is 30.3. The Morgan fingerprint density at radius 2 is 0.689 bits per heavy atom. The maximum Gasteiger partial charge on any atom is 0.219 e. The summed E-state index contributed by atoms with van der Waals surface area (Å²) in [6, 6.07) is 14.4. The third-order valence-corrected chi connectivity index (χ3v) is 30.3. The lowest BCUT2D eigenvalue weighted by Crippen LogP contribution is -2.64. The number of carbonyl (C=O) groups is 1. The Bertz CT molecular complexity index is 3520. The summed E-state index contributed by atoms with van der Waals surface area (Å²) in [7, 11) is 0. The first-order chi connectivity index (χ1) is 60.9. The maximum absolute atomic E-state index is 11.1. The normalized spacial score (nSPS) is 22.7. The zero-order chi connectivity index (χ0) is 98.9. The van der Waals surface area contributed by atoms with Gasteiger partial charge in [0.15, 0.2) is 0 Å². The summed E-state index contributed by atoms with van der Waals surface area (Å²) in [6.45, 7) is 120. The average Bonchev–Trinajstić information content (AvgIpc) is 1.24. The number of carbonyl (C=O) groups excluding carboxylic acids is 1. The fraction of sp³-hybridized carbons (Fsp3) is 0.857. The highest BCUT2D eigenvalue weighted by Gasteiger charge is 2.49. The molecule has 12 aliphatic heterocycles. The summed E-state index contributed by atoms with van der Waals surface area (Å²) < 4.78 is 0. The van der Waals surface area contributed by atoms with Crippen LogP contribution in [0.5, 0.6) is 0 Å². The molecule has 4 spiro atoms. The summed E-state index contributed by atoms with van der Waals surface area (Å²) in [4.78, 5) is 53.6. The van der Waals surface area contributed by atoms with Crippen LogP contribution in [0.3, 0.4) is 0 Å². The van der Waals surface area contributed by atoms with Crippen molar-refractivity contribution >= 4 is 17.4 Å². The largest absolute Gasteiger partial charge is 0.368 e. The van der Waals surface area contributed by atoms with E-state index in [1.165, 1.54) is 200 Å². The predicted octanol–water partition coefficient (Wildman–Crippen LogP) is 19.8. The first kappa shape index (κ1) is 117. The standard InChI is InChI=1S/C14H23N3.2C13H21N3.C12H24N2.2C11H22N2.C10H20N2O.C10H20N2.C7H14.C6H14.C5H12/c1-14(2,3)17-9-7-16(8-10-17)12-13-5-4-6-15-11-13;1-13(2,3)16-9-7-15(8-10-16)12-5-4-6-14-11-12;1-13(2,3)16-10-8-15(9-11-16)12-6-4-5-7-14-12;1-11(2,3)14-9-6-12(10-14)4-7-13-8-5-12;1-10(2,3)13-6-4-11(5-7-13)8-12-9-11;1-10(2,3)13-8-11(9-13)4-6-12-7-5-11;1-9(13)11-5-7-12(8-6-11)10(2,3)4;1-9(2,3)12-5-4-10(8-12)6-11-7-10;1-7(2,3)6-4-5-6;1-5-6(2,3)4;1-5(2,3)4/h4-6,11H,7-10,12H2,1-3H3;4-6,11H,7-10H2,1-3H3;4-7H,8-11H2,1-3H3;13H,4-10H2,1-3H3;2*12H,4-9H2,1-3H3;5-8H2,1-4H3;11H,4-8H2,1-3H3;6H,4-5H2,1-3H3;5H2,1-4H3;1-4H3. The number of piperidine rings is 3. The molecule has 0 aromatic carbocycles. The molecule has 3 aromatic heterocycles. The molecular weight excluding hydrogens is 1630 g/mol. The summed E-state index contributed by atoms with van der Waals surface area (Å²) >= 11 is 0. The lowest BCUT2D eigenvalue weighted by atomic mass is 9.71. The number of hydrogen-bond acceptors (Lipinski definition) is 19. The first-order valence-corrected chi connectivity index (χ1v) is 52.9. The number of likely N-dealkylation sites (tertiary alicyclic amines) is 4. The lowest BCUT2D eigenvalue weighted by Gasteiger charge is -2.57. The molecule has 20 nitrogen and oxygen atoms in total. The zero-order valence-electron chi connectivity index (χ0n) is 93.2. The van der Waals surface area contributed by atoms with Gasteiger partial charge in [-0.05, 0) is 357 Å². The molecule has 4 N–H and O–H groups in total. The van der Waals surface area contributed by atoms with E-state index in [1.54, 1.807) is 6.92 Å². The molecule has 15 heterocycles. The van der Waals surface area contributed by atoms with Crippen molar-refractivity contribution in [2.45, 2.75) is 371 Å². The van der Waals surface area contributed by atoms with E-state index in [4.69, 9.17) is 0 Å². The van der Waals surface area contributed by atoms with Crippen LogP contribution in [0.4, 0.5) is 11.5 Å². The van der Waals surface area contributed by atoms with Gasteiger partial charge in [-0.1, -0.05) is 94.7 Å². The Morgan fingerprint density at radius 3 is 1.00 bits per heavy atom. The van der Waals surface area contributed by atoms with E-state index in [1.807, 2.05) is 54.1 Å². The topological polar surface area (TPSA) is 143 Å². The van der Waals surface area contributed by atoms with E-state index in [0.717, 1.165) is 110 Å². The SMILES string of the molecule is CC(=O)N1CCN(C(C)(C)C)CC1.CC(C)(C)C.CC(C)(C)C1CC1.CC(C)(C)N1CC2(CCNCC2)C1.CC(C)(C)N1CCC2(CC1)CNC2.CC(C)(C)N1CCC2(CCNCC2)C1.CC(C)(C)N1CCC2(CNC2)C1.CC(C)(C)N1CCN(Cc2cccnc2)CC1.CC(C)(C)N1CCN(c2ccccn2)CC1.CC(C)(C)N1CCN(c2cccnc2)CC1.CCC(C)(C)C. The molecule has 0 atom stereocenters. The Hall–Kier alpha value is -4.00. The first-order valence-electron chi connectivity index (χ1n) is 52.9. The monoisotopic (exact) mass is 1840 g/mol. The molecule has 1 saturated carbocycles. The second-order valence-corrected chi connectivity index (χ2v) is 53.8. The second-order valence-electron chi connectivity index (χ2n) is 53.8. The molecule has 762 valence electrons. The third kappa shape index (κ3) is 42.2. The summed E-state index contributed by atoms with van der Waals surface area (Å²) in [5, 5.41) is 13.7. The highest BCUT2D eigenvalue weighted by molar-refractivity contribution is 5.73. The van der Waals surface area contributed by atoms with Crippen LogP contribution in [0.15, 0.2) is 73.4 Å².